The molecule has 2 aromatic carbocycles. The number of hydrogen-bond donors (Lipinski definition) is 0. The molecule has 0 bridgehead atoms. The highest BCUT2D eigenvalue weighted by molar-refractivity contribution is 6.30. The van der Waals surface area contributed by atoms with E-state index in [1.54, 1.807) is 24.3 Å². The molecule has 6 heteroatoms. The molecule has 0 atom stereocenters. The molecule has 3 aromatic rings. The van der Waals surface area contributed by atoms with Gasteiger partial charge in [0.15, 0.2) is 11.6 Å². The number of nitrogens with zero attached hydrogens (tertiary/aromatic N) is 2. The number of alkyl halides is 1. The molecule has 0 spiro atoms. The summed E-state index contributed by atoms with van der Waals surface area (Å²) in [5.74, 6) is -1.39. The van der Waals surface area contributed by atoms with Crippen LogP contribution in [0.5, 0.6) is 0 Å². The van der Waals surface area contributed by atoms with Gasteiger partial charge in [0.25, 0.3) is 0 Å². The highest BCUT2D eigenvalue weighted by Gasteiger charge is 2.18. The standard InChI is InChI=1S/C14H8Cl2F2N2/c15-7-12-19-11-5-4-10(17)13(18)14(11)20(12)9-3-1-2-8(16)6-9/h1-6H,7H2. The smallest absolute Gasteiger partial charge is 0.185 e. The molecule has 0 aliphatic heterocycles. The lowest BCUT2D eigenvalue weighted by molar-refractivity contribution is 0.514. The van der Waals surface area contributed by atoms with E-state index in [9.17, 15) is 8.78 Å². The molecule has 102 valence electrons. The summed E-state index contributed by atoms with van der Waals surface area (Å²) in [6, 6.07) is 9.26. The molecule has 3 rings (SSSR count). The van der Waals surface area contributed by atoms with Gasteiger partial charge in [-0.3, -0.25) is 4.57 Å². The summed E-state index contributed by atoms with van der Waals surface area (Å²) in [6.07, 6.45) is 0. The van der Waals surface area contributed by atoms with E-state index >= 15 is 0 Å². The van der Waals surface area contributed by atoms with E-state index in [0.717, 1.165) is 6.07 Å². The Balaban J connectivity index is 2.41. The van der Waals surface area contributed by atoms with E-state index in [1.807, 2.05) is 0 Å². The highest BCUT2D eigenvalue weighted by Crippen LogP contribution is 2.27. The third kappa shape index (κ3) is 2.05. The summed E-state index contributed by atoms with van der Waals surface area (Å²) in [7, 11) is 0. The van der Waals surface area contributed by atoms with Crippen LogP contribution in [-0.4, -0.2) is 9.55 Å². The summed E-state index contributed by atoms with van der Waals surface area (Å²) >= 11 is 11.8. The zero-order valence-electron chi connectivity index (χ0n) is 10.1. The minimum absolute atomic E-state index is 0.0583. The van der Waals surface area contributed by atoms with E-state index in [4.69, 9.17) is 23.2 Å². The molecule has 1 aromatic heterocycles. The molecule has 0 saturated heterocycles. The largest absolute Gasteiger partial charge is 0.292 e. The minimum atomic E-state index is -0.952. The van der Waals surface area contributed by atoms with Crippen LogP contribution in [0.2, 0.25) is 5.02 Å². The van der Waals surface area contributed by atoms with Gasteiger partial charge >= 0.3 is 0 Å². The summed E-state index contributed by atoms with van der Waals surface area (Å²) in [4.78, 5) is 4.22. The first-order valence-corrected chi connectivity index (χ1v) is 6.70. The summed E-state index contributed by atoms with van der Waals surface area (Å²) in [5.41, 5.74) is 0.989. The molecular weight excluding hydrogens is 305 g/mol. The maximum atomic E-state index is 14.1. The van der Waals surface area contributed by atoms with Gasteiger partial charge < -0.3 is 0 Å². The zero-order chi connectivity index (χ0) is 14.3. The Labute approximate surface area is 123 Å². The Kier molecular flexibility index (Phi) is 3.36. The molecule has 0 aliphatic rings. The second kappa shape index (κ2) is 5.04. The molecule has 0 aliphatic carbocycles. The van der Waals surface area contributed by atoms with Gasteiger partial charge in [0.2, 0.25) is 0 Å². The Hall–Kier alpha value is -1.65. The number of aromatic nitrogens is 2. The molecule has 0 unspecified atom stereocenters. The molecule has 1 heterocycles. The van der Waals surface area contributed by atoms with E-state index in [0.29, 0.717) is 22.1 Å². The van der Waals surface area contributed by atoms with Crippen molar-refractivity contribution in [1.82, 2.24) is 9.55 Å². The van der Waals surface area contributed by atoms with Crippen LogP contribution < -0.4 is 0 Å². The van der Waals surface area contributed by atoms with Crippen molar-refractivity contribution >= 4 is 34.2 Å². The van der Waals surface area contributed by atoms with Crippen molar-refractivity contribution in [2.24, 2.45) is 0 Å². The number of hydrogen-bond acceptors (Lipinski definition) is 1. The fraction of sp³-hybridized carbons (Fsp3) is 0.0714. The fourth-order valence-corrected chi connectivity index (χ4v) is 2.50. The van der Waals surface area contributed by atoms with Crippen LogP contribution in [0, 0.1) is 11.6 Å². The Morgan fingerprint density at radius 1 is 1.15 bits per heavy atom. The van der Waals surface area contributed by atoms with Gasteiger partial charge in [-0.25, -0.2) is 13.8 Å². The maximum absolute atomic E-state index is 14.1. The van der Waals surface area contributed by atoms with Crippen molar-refractivity contribution in [3.8, 4) is 5.69 Å². The number of rotatable bonds is 2. The predicted octanol–water partition coefficient (Wildman–Crippen LogP) is 4.70. The second-order valence-electron chi connectivity index (χ2n) is 4.21. The lowest BCUT2D eigenvalue weighted by atomic mass is 10.2. The summed E-state index contributed by atoms with van der Waals surface area (Å²) in [6.45, 7) is 0. The number of imidazole rings is 1. The van der Waals surface area contributed by atoms with Crippen LogP contribution >= 0.6 is 23.2 Å². The predicted molar refractivity (Wildman–Crippen MR) is 75.6 cm³/mol. The van der Waals surface area contributed by atoms with Crippen LogP contribution in [0.25, 0.3) is 16.7 Å². The number of halogens is 4. The van der Waals surface area contributed by atoms with Crippen LogP contribution in [0.4, 0.5) is 8.78 Å². The van der Waals surface area contributed by atoms with E-state index < -0.39 is 11.6 Å². The number of benzene rings is 2. The average molecular weight is 313 g/mol. The average Bonchev–Trinajstić information content (AvgIpc) is 2.82. The Morgan fingerprint density at radius 2 is 1.95 bits per heavy atom. The second-order valence-corrected chi connectivity index (χ2v) is 4.91. The molecular formula is C14H8Cl2F2N2. The lowest BCUT2D eigenvalue weighted by Crippen LogP contribution is -2.01. The Bertz CT molecular complexity index is 799. The van der Waals surface area contributed by atoms with Gasteiger partial charge in [-0.1, -0.05) is 17.7 Å². The van der Waals surface area contributed by atoms with Crippen molar-refractivity contribution in [2.45, 2.75) is 5.88 Å². The molecule has 2 nitrogen and oxygen atoms in total. The van der Waals surface area contributed by atoms with Crippen molar-refractivity contribution < 1.29 is 8.78 Å². The first kappa shape index (κ1) is 13.3. The van der Waals surface area contributed by atoms with Crippen LogP contribution in [0.15, 0.2) is 36.4 Å². The first-order valence-electron chi connectivity index (χ1n) is 5.79. The molecule has 20 heavy (non-hydrogen) atoms. The minimum Gasteiger partial charge on any atom is -0.292 e. The first-order chi connectivity index (χ1) is 9.61. The van der Waals surface area contributed by atoms with Gasteiger partial charge in [-0.05, 0) is 30.3 Å². The molecule has 0 saturated carbocycles. The monoisotopic (exact) mass is 312 g/mol. The maximum Gasteiger partial charge on any atom is 0.185 e. The van der Waals surface area contributed by atoms with Crippen molar-refractivity contribution in [1.29, 1.82) is 0 Å². The van der Waals surface area contributed by atoms with Gasteiger partial charge in [-0.2, -0.15) is 0 Å². The quantitative estimate of drug-likeness (QED) is 0.627. The van der Waals surface area contributed by atoms with Gasteiger partial charge in [-0.15, -0.1) is 11.6 Å². The number of fused-ring (bicyclic) bond motifs is 1. The van der Waals surface area contributed by atoms with E-state index in [2.05, 4.69) is 4.98 Å². The molecule has 0 N–H and O–H groups in total. The zero-order valence-corrected chi connectivity index (χ0v) is 11.6. The summed E-state index contributed by atoms with van der Waals surface area (Å²) < 4.78 is 29.0. The molecule has 0 radical (unpaired) electrons. The topological polar surface area (TPSA) is 17.8 Å². The third-order valence-electron chi connectivity index (χ3n) is 2.96. The molecule has 0 fully saturated rings. The Morgan fingerprint density at radius 3 is 2.65 bits per heavy atom. The van der Waals surface area contributed by atoms with Gasteiger partial charge in [0.1, 0.15) is 11.3 Å². The van der Waals surface area contributed by atoms with Crippen molar-refractivity contribution in [3.63, 3.8) is 0 Å². The van der Waals surface area contributed by atoms with Gasteiger partial charge in [0.05, 0.1) is 11.4 Å². The lowest BCUT2D eigenvalue weighted by Gasteiger charge is -2.08. The highest BCUT2D eigenvalue weighted by atomic mass is 35.5. The van der Waals surface area contributed by atoms with Crippen molar-refractivity contribution in [3.05, 3.63) is 58.9 Å². The SMILES string of the molecule is Fc1ccc2nc(CCl)n(-c3cccc(Cl)c3)c2c1F. The summed E-state index contributed by atoms with van der Waals surface area (Å²) in [5, 5.41) is 0.488. The van der Waals surface area contributed by atoms with Crippen LogP contribution in [0.3, 0.4) is 0 Å². The van der Waals surface area contributed by atoms with Gasteiger partial charge in [0, 0.05) is 10.7 Å². The van der Waals surface area contributed by atoms with Crippen LogP contribution in [0.1, 0.15) is 5.82 Å². The fourth-order valence-electron chi connectivity index (χ4n) is 2.13. The van der Waals surface area contributed by atoms with Crippen LogP contribution in [-0.2, 0) is 5.88 Å². The molecule has 0 amide bonds. The van der Waals surface area contributed by atoms with E-state index in [1.165, 1.54) is 10.6 Å². The third-order valence-corrected chi connectivity index (χ3v) is 3.44. The van der Waals surface area contributed by atoms with E-state index in [-0.39, 0.29) is 11.4 Å². The van der Waals surface area contributed by atoms with Crippen molar-refractivity contribution in [2.75, 3.05) is 0 Å². The normalized spacial score (nSPS) is 11.2.